The van der Waals surface area contributed by atoms with Gasteiger partial charge in [-0.25, -0.2) is 9.97 Å². The molecule has 0 amide bonds. The molecule has 0 saturated heterocycles. The number of benzene rings is 3. The van der Waals surface area contributed by atoms with Crippen LogP contribution in [-0.2, 0) is 0 Å². The van der Waals surface area contributed by atoms with Gasteiger partial charge in [-0.2, -0.15) is 0 Å². The van der Waals surface area contributed by atoms with Crippen molar-refractivity contribution < 1.29 is 4.74 Å². The SMILES string of the molecule is c1ccc(Oc2ccc(Nc3ncc4cc(C5CCC5)ccc4n3)cc2)cc1. The van der Waals surface area contributed by atoms with Crippen molar-refractivity contribution in [2.75, 3.05) is 5.32 Å². The molecule has 0 aliphatic heterocycles. The molecule has 1 aromatic heterocycles. The third-order valence-corrected chi connectivity index (χ3v) is 5.27. The highest BCUT2D eigenvalue weighted by Crippen LogP contribution is 2.37. The molecule has 0 unspecified atom stereocenters. The van der Waals surface area contributed by atoms with E-state index >= 15 is 0 Å². The number of aromatic nitrogens is 2. The van der Waals surface area contributed by atoms with Gasteiger partial charge in [0, 0.05) is 17.3 Å². The maximum absolute atomic E-state index is 5.83. The van der Waals surface area contributed by atoms with Gasteiger partial charge in [0.05, 0.1) is 5.52 Å². The largest absolute Gasteiger partial charge is 0.457 e. The Labute approximate surface area is 164 Å². The minimum absolute atomic E-state index is 0.598. The molecule has 1 N–H and O–H groups in total. The molecule has 4 nitrogen and oxygen atoms in total. The molecule has 0 spiro atoms. The summed E-state index contributed by atoms with van der Waals surface area (Å²) in [5.41, 5.74) is 3.30. The molecule has 0 radical (unpaired) electrons. The van der Waals surface area contributed by atoms with Gasteiger partial charge in [0.2, 0.25) is 5.95 Å². The van der Waals surface area contributed by atoms with Gasteiger partial charge in [-0.1, -0.05) is 30.7 Å². The fourth-order valence-corrected chi connectivity index (χ4v) is 3.47. The zero-order chi connectivity index (χ0) is 18.8. The second kappa shape index (κ2) is 7.31. The summed E-state index contributed by atoms with van der Waals surface area (Å²) in [5.74, 6) is 2.93. The van der Waals surface area contributed by atoms with Gasteiger partial charge in [-0.3, -0.25) is 0 Å². The van der Waals surface area contributed by atoms with E-state index < -0.39 is 0 Å². The van der Waals surface area contributed by atoms with E-state index in [1.54, 1.807) is 0 Å². The maximum atomic E-state index is 5.83. The van der Waals surface area contributed by atoms with E-state index in [0.29, 0.717) is 5.95 Å². The summed E-state index contributed by atoms with van der Waals surface area (Å²) in [5, 5.41) is 4.37. The summed E-state index contributed by atoms with van der Waals surface area (Å²) >= 11 is 0. The summed E-state index contributed by atoms with van der Waals surface area (Å²) in [6.07, 6.45) is 5.85. The van der Waals surface area contributed by atoms with Crippen LogP contribution < -0.4 is 10.1 Å². The van der Waals surface area contributed by atoms with Gasteiger partial charge < -0.3 is 10.1 Å². The Bertz CT molecular complexity index is 1090. The van der Waals surface area contributed by atoms with Crippen molar-refractivity contribution >= 4 is 22.5 Å². The third kappa shape index (κ3) is 3.54. The zero-order valence-corrected chi connectivity index (χ0v) is 15.5. The summed E-state index contributed by atoms with van der Waals surface area (Å²) in [7, 11) is 0. The van der Waals surface area contributed by atoms with Crippen LogP contribution in [-0.4, -0.2) is 9.97 Å². The van der Waals surface area contributed by atoms with Gasteiger partial charge in [0.25, 0.3) is 0 Å². The summed E-state index contributed by atoms with van der Waals surface area (Å²) in [6.45, 7) is 0. The minimum Gasteiger partial charge on any atom is -0.457 e. The lowest BCUT2D eigenvalue weighted by molar-refractivity contribution is 0.420. The first-order valence-electron chi connectivity index (χ1n) is 9.70. The van der Waals surface area contributed by atoms with Gasteiger partial charge in [-0.05, 0) is 72.9 Å². The van der Waals surface area contributed by atoms with Crippen molar-refractivity contribution in [2.45, 2.75) is 25.2 Å². The van der Waals surface area contributed by atoms with Gasteiger partial charge in [-0.15, -0.1) is 0 Å². The van der Waals surface area contributed by atoms with E-state index in [9.17, 15) is 0 Å². The number of rotatable bonds is 5. The molecule has 1 aliphatic rings. The van der Waals surface area contributed by atoms with E-state index in [1.807, 2.05) is 60.8 Å². The van der Waals surface area contributed by atoms with Crippen molar-refractivity contribution in [1.29, 1.82) is 0 Å². The summed E-state index contributed by atoms with van der Waals surface area (Å²) in [4.78, 5) is 9.13. The van der Waals surface area contributed by atoms with Gasteiger partial charge in [0.15, 0.2) is 0 Å². The van der Waals surface area contributed by atoms with Gasteiger partial charge >= 0.3 is 0 Å². The molecule has 3 aromatic carbocycles. The summed E-state index contributed by atoms with van der Waals surface area (Å²) in [6, 6.07) is 24.1. The average Bonchev–Trinajstić information content (AvgIpc) is 2.69. The topological polar surface area (TPSA) is 47.0 Å². The lowest BCUT2D eigenvalue weighted by Crippen LogP contribution is -2.08. The Morgan fingerprint density at radius 1 is 0.857 bits per heavy atom. The first kappa shape index (κ1) is 16.8. The van der Waals surface area contributed by atoms with Crippen LogP contribution >= 0.6 is 0 Å². The van der Waals surface area contributed by atoms with Crippen molar-refractivity contribution in [3.05, 3.63) is 84.6 Å². The van der Waals surface area contributed by atoms with Crippen LogP contribution in [0.4, 0.5) is 11.6 Å². The van der Waals surface area contributed by atoms with Crippen LogP contribution in [0.5, 0.6) is 11.5 Å². The minimum atomic E-state index is 0.598. The second-order valence-electron chi connectivity index (χ2n) is 7.20. The summed E-state index contributed by atoms with van der Waals surface area (Å²) < 4.78 is 5.83. The highest BCUT2D eigenvalue weighted by atomic mass is 16.5. The lowest BCUT2D eigenvalue weighted by Gasteiger charge is -2.25. The molecule has 1 aliphatic carbocycles. The Balaban J connectivity index is 1.30. The lowest BCUT2D eigenvalue weighted by atomic mass is 9.80. The smallest absolute Gasteiger partial charge is 0.227 e. The molecular weight excluding hydrogens is 346 g/mol. The molecule has 138 valence electrons. The molecule has 4 aromatic rings. The Morgan fingerprint density at radius 3 is 2.39 bits per heavy atom. The van der Waals surface area contributed by atoms with Gasteiger partial charge in [0.1, 0.15) is 11.5 Å². The first-order chi connectivity index (χ1) is 13.8. The predicted octanol–water partition coefficient (Wildman–Crippen LogP) is 6.43. The maximum Gasteiger partial charge on any atom is 0.227 e. The van der Waals surface area contributed by atoms with E-state index in [-0.39, 0.29) is 0 Å². The normalized spacial score (nSPS) is 13.9. The Morgan fingerprint density at radius 2 is 1.64 bits per heavy atom. The number of fused-ring (bicyclic) bond motifs is 1. The van der Waals surface area contributed by atoms with Crippen LogP contribution in [0.2, 0.25) is 0 Å². The number of anilines is 2. The Hall–Kier alpha value is -3.40. The first-order valence-corrected chi connectivity index (χ1v) is 9.70. The standard InChI is InChI=1S/C24H21N3O/c1-2-7-21(8-3-1)28-22-12-10-20(11-13-22)26-24-25-16-19-15-18(17-5-4-6-17)9-14-23(19)27-24/h1-3,7-17H,4-6H2,(H,25,26,27). The van der Waals surface area contributed by atoms with E-state index in [4.69, 9.17) is 4.74 Å². The molecular formula is C24H21N3O. The zero-order valence-electron chi connectivity index (χ0n) is 15.5. The fourth-order valence-electron chi connectivity index (χ4n) is 3.47. The molecule has 28 heavy (non-hydrogen) atoms. The Kier molecular flexibility index (Phi) is 4.37. The quantitative estimate of drug-likeness (QED) is 0.441. The number of ether oxygens (including phenoxy) is 1. The molecule has 5 rings (SSSR count). The van der Waals surface area contributed by atoms with Crippen molar-refractivity contribution in [3.8, 4) is 11.5 Å². The van der Waals surface area contributed by atoms with Crippen LogP contribution in [0.25, 0.3) is 10.9 Å². The second-order valence-corrected chi connectivity index (χ2v) is 7.20. The highest BCUT2D eigenvalue weighted by Gasteiger charge is 2.19. The van der Waals surface area contributed by atoms with Crippen molar-refractivity contribution in [2.24, 2.45) is 0 Å². The van der Waals surface area contributed by atoms with E-state index in [0.717, 1.165) is 34.0 Å². The third-order valence-electron chi connectivity index (χ3n) is 5.27. The monoisotopic (exact) mass is 367 g/mol. The highest BCUT2D eigenvalue weighted by molar-refractivity contribution is 5.80. The van der Waals surface area contributed by atoms with Crippen LogP contribution in [0.3, 0.4) is 0 Å². The molecule has 1 fully saturated rings. The average molecular weight is 367 g/mol. The molecule has 4 heteroatoms. The molecule has 1 heterocycles. The van der Waals surface area contributed by atoms with Crippen molar-refractivity contribution in [3.63, 3.8) is 0 Å². The number of hydrogen-bond acceptors (Lipinski definition) is 4. The predicted molar refractivity (Wildman–Crippen MR) is 112 cm³/mol. The number of nitrogens with one attached hydrogen (secondary N) is 1. The van der Waals surface area contributed by atoms with Crippen LogP contribution in [0.1, 0.15) is 30.7 Å². The molecule has 0 bridgehead atoms. The fraction of sp³-hybridized carbons (Fsp3) is 0.167. The number of hydrogen-bond donors (Lipinski definition) is 1. The molecule has 0 atom stereocenters. The van der Waals surface area contributed by atoms with Crippen molar-refractivity contribution in [1.82, 2.24) is 9.97 Å². The number of nitrogens with zero attached hydrogens (tertiary/aromatic N) is 2. The van der Waals surface area contributed by atoms with Crippen LogP contribution in [0, 0.1) is 0 Å². The van der Waals surface area contributed by atoms with E-state index in [2.05, 4.69) is 33.5 Å². The van der Waals surface area contributed by atoms with Crippen LogP contribution in [0.15, 0.2) is 79.0 Å². The number of para-hydroxylation sites is 1. The molecule has 1 saturated carbocycles. The van der Waals surface area contributed by atoms with E-state index in [1.165, 1.54) is 24.8 Å².